The van der Waals surface area contributed by atoms with Gasteiger partial charge in [-0.25, -0.2) is 18.6 Å². The van der Waals surface area contributed by atoms with Crippen LogP contribution in [0.25, 0.3) is 10.2 Å². The van der Waals surface area contributed by atoms with Crippen LogP contribution in [0.5, 0.6) is 0 Å². The lowest BCUT2D eigenvalue weighted by atomic mass is 10.3. The highest BCUT2D eigenvalue weighted by molar-refractivity contribution is 7.22. The highest BCUT2D eigenvalue weighted by atomic mass is 32.1. The highest BCUT2D eigenvalue weighted by Gasteiger charge is 2.24. The van der Waals surface area contributed by atoms with Crippen molar-refractivity contribution in [3.05, 3.63) is 58.1 Å². The molecule has 1 saturated heterocycles. The van der Waals surface area contributed by atoms with E-state index >= 15 is 0 Å². The largest absolute Gasteiger partial charge is 0.345 e. The van der Waals surface area contributed by atoms with E-state index in [2.05, 4.69) is 10.3 Å². The number of nitrogens with zero attached hydrogens (tertiary/aromatic N) is 4. The van der Waals surface area contributed by atoms with Crippen LogP contribution in [-0.4, -0.2) is 47.0 Å². The zero-order valence-electron chi connectivity index (χ0n) is 15.0. The Kier molecular flexibility index (Phi) is 4.97. The van der Waals surface area contributed by atoms with Gasteiger partial charge >= 0.3 is 6.03 Å². The van der Waals surface area contributed by atoms with Crippen LogP contribution in [0, 0.1) is 21.7 Å². The average Bonchev–Trinajstić information content (AvgIpc) is 3.14. The summed E-state index contributed by atoms with van der Waals surface area (Å²) in [6, 6.07) is 7.32. The van der Waals surface area contributed by atoms with Crippen molar-refractivity contribution in [3.8, 4) is 0 Å². The van der Waals surface area contributed by atoms with Crippen molar-refractivity contribution < 1.29 is 18.5 Å². The first kappa shape index (κ1) is 19.0. The number of non-ortho nitro benzene ring substituents is 1. The minimum atomic E-state index is -0.833. The first-order valence-electron chi connectivity index (χ1n) is 8.72. The van der Waals surface area contributed by atoms with Gasteiger partial charge in [0.2, 0.25) is 0 Å². The molecule has 0 saturated carbocycles. The normalized spacial score (nSPS) is 14.3. The molecule has 0 spiro atoms. The Morgan fingerprint density at radius 1 is 1.14 bits per heavy atom. The summed E-state index contributed by atoms with van der Waals surface area (Å²) in [6.07, 6.45) is 0. The van der Waals surface area contributed by atoms with Crippen molar-refractivity contribution in [2.24, 2.45) is 0 Å². The number of urea groups is 1. The molecule has 8 nitrogen and oxygen atoms in total. The topological polar surface area (TPSA) is 91.6 Å². The van der Waals surface area contributed by atoms with Gasteiger partial charge < -0.3 is 15.1 Å². The van der Waals surface area contributed by atoms with E-state index in [-0.39, 0.29) is 5.69 Å². The SMILES string of the molecule is O=C(Nc1c(F)cccc1F)N1CCN(c2nc3ccc([N+](=O)[O-])cc3s2)CC1. The number of nitro groups is 1. The molecule has 1 N–H and O–H groups in total. The Morgan fingerprint density at radius 3 is 2.48 bits per heavy atom. The fourth-order valence-corrected chi connectivity index (χ4v) is 4.10. The molecular formula is C18H15F2N5O3S. The molecule has 2 amide bonds. The van der Waals surface area contributed by atoms with Gasteiger partial charge in [-0.2, -0.15) is 0 Å². The number of carbonyl (C=O) groups excluding carboxylic acids is 1. The summed E-state index contributed by atoms with van der Waals surface area (Å²) >= 11 is 1.34. The number of hydrogen-bond donors (Lipinski definition) is 1. The van der Waals surface area contributed by atoms with Gasteiger partial charge in [0.15, 0.2) is 5.13 Å². The number of rotatable bonds is 3. The second-order valence-electron chi connectivity index (χ2n) is 6.41. The molecular weight excluding hydrogens is 404 g/mol. The highest BCUT2D eigenvalue weighted by Crippen LogP contribution is 2.32. The molecule has 0 radical (unpaired) electrons. The summed E-state index contributed by atoms with van der Waals surface area (Å²) in [6.45, 7) is 1.65. The maximum atomic E-state index is 13.7. The van der Waals surface area contributed by atoms with Crippen LogP contribution in [0.3, 0.4) is 0 Å². The molecule has 0 aliphatic carbocycles. The lowest BCUT2D eigenvalue weighted by Gasteiger charge is -2.34. The number of aromatic nitrogens is 1. The Balaban J connectivity index is 1.42. The standard InChI is InChI=1S/C18H15F2N5O3S/c19-12-2-1-3-13(20)16(12)22-17(26)23-6-8-24(9-7-23)18-21-14-5-4-11(25(27)28)10-15(14)29-18/h1-5,10H,6-9H2,(H,22,26). The van der Waals surface area contributed by atoms with E-state index in [0.29, 0.717) is 41.5 Å². The van der Waals surface area contributed by atoms with Gasteiger partial charge in [0.05, 0.1) is 15.1 Å². The second kappa shape index (κ2) is 7.59. The van der Waals surface area contributed by atoms with Gasteiger partial charge in [-0.3, -0.25) is 10.1 Å². The van der Waals surface area contributed by atoms with Crippen LogP contribution in [0.15, 0.2) is 36.4 Å². The maximum absolute atomic E-state index is 13.7. The summed E-state index contributed by atoms with van der Waals surface area (Å²) in [7, 11) is 0. The molecule has 11 heteroatoms. The minimum Gasteiger partial charge on any atom is -0.345 e. The molecule has 4 rings (SSSR count). The summed E-state index contributed by atoms with van der Waals surface area (Å²) in [5.74, 6) is -1.67. The number of piperazine rings is 1. The van der Waals surface area contributed by atoms with E-state index in [1.165, 1.54) is 34.4 Å². The van der Waals surface area contributed by atoms with Gasteiger partial charge in [-0.15, -0.1) is 0 Å². The predicted octanol–water partition coefficient (Wildman–Crippen LogP) is 3.84. The number of fused-ring (bicyclic) bond motifs is 1. The van der Waals surface area contributed by atoms with E-state index in [9.17, 15) is 23.7 Å². The van der Waals surface area contributed by atoms with Crippen molar-refractivity contribution >= 4 is 44.1 Å². The number of halogens is 2. The Morgan fingerprint density at radius 2 is 1.83 bits per heavy atom. The molecule has 0 unspecified atom stereocenters. The molecule has 3 aromatic rings. The van der Waals surface area contributed by atoms with Gasteiger partial charge in [-0.05, 0) is 18.2 Å². The fraction of sp³-hybridized carbons (Fsp3) is 0.222. The van der Waals surface area contributed by atoms with Gasteiger partial charge in [0, 0.05) is 38.3 Å². The molecule has 1 aromatic heterocycles. The van der Waals surface area contributed by atoms with E-state index in [0.717, 1.165) is 12.1 Å². The van der Waals surface area contributed by atoms with Crippen molar-refractivity contribution in [2.75, 3.05) is 36.4 Å². The first-order chi connectivity index (χ1) is 13.9. The lowest BCUT2D eigenvalue weighted by Crippen LogP contribution is -2.50. The summed E-state index contributed by atoms with van der Waals surface area (Å²) < 4.78 is 28.1. The Labute approximate surface area is 167 Å². The quantitative estimate of drug-likeness (QED) is 0.515. The number of amides is 2. The molecule has 0 atom stereocenters. The number of carbonyl (C=O) groups is 1. The first-order valence-corrected chi connectivity index (χ1v) is 9.54. The lowest BCUT2D eigenvalue weighted by molar-refractivity contribution is -0.384. The van der Waals surface area contributed by atoms with Crippen LogP contribution in [0.4, 0.5) is 30.1 Å². The number of thiazole rings is 1. The van der Waals surface area contributed by atoms with Crippen LogP contribution >= 0.6 is 11.3 Å². The van der Waals surface area contributed by atoms with Crippen molar-refractivity contribution in [1.82, 2.24) is 9.88 Å². The van der Waals surface area contributed by atoms with Gasteiger partial charge in [-0.1, -0.05) is 17.4 Å². The minimum absolute atomic E-state index is 0.00886. The summed E-state index contributed by atoms with van der Waals surface area (Å²) in [5.41, 5.74) is 0.216. The van der Waals surface area contributed by atoms with Crippen molar-refractivity contribution in [3.63, 3.8) is 0 Å². The summed E-state index contributed by atoms with van der Waals surface area (Å²) in [4.78, 5) is 30.8. The van der Waals surface area contributed by atoms with Crippen LogP contribution in [0.1, 0.15) is 0 Å². The van der Waals surface area contributed by atoms with E-state index in [4.69, 9.17) is 0 Å². The molecule has 29 heavy (non-hydrogen) atoms. The third-order valence-electron chi connectivity index (χ3n) is 4.60. The fourth-order valence-electron chi connectivity index (χ4n) is 3.05. The molecule has 1 aliphatic rings. The molecule has 0 bridgehead atoms. The molecule has 150 valence electrons. The molecule has 2 aromatic carbocycles. The van der Waals surface area contributed by atoms with Crippen molar-refractivity contribution in [1.29, 1.82) is 0 Å². The van der Waals surface area contributed by atoms with E-state index in [1.54, 1.807) is 6.07 Å². The van der Waals surface area contributed by atoms with Crippen LogP contribution in [0.2, 0.25) is 0 Å². The zero-order chi connectivity index (χ0) is 20.5. The monoisotopic (exact) mass is 419 g/mol. The molecule has 1 fully saturated rings. The van der Waals surface area contributed by atoms with Gasteiger partial charge in [0.25, 0.3) is 5.69 Å². The Bertz CT molecular complexity index is 1080. The average molecular weight is 419 g/mol. The van der Waals surface area contributed by atoms with Crippen LogP contribution < -0.4 is 10.2 Å². The molecule has 1 aliphatic heterocycles. The predicted molar refractivity (Wildman–Crippen MR) is 105 cm³/mol. The Hall–Kier alpha value is -3.34. The number of anilines is 2. The third-order valence-corrected chi connectivity index (χ3v) is 5.68. The van der Waals surface area contributed by atoms with E-state index < -0.39 is 28.3 Å². The summed E-state index contributed by atoms with van der Waals surface area (Å²) in [5, 5.41) is 13.9. The number of para-hydroxylation sites is 1. The smallest absolute Gasteiger partial charge is 0.322 e. The molecule has 2 heterocycles. The number of nitrogens with one attached hydrogen (secondary N) is 1. The van der Waals surface area contributed by atoms with Crippen molar-refractivity contribution in [2.45, 2.75) is 0 Å². The zero-order valence-corrected chi connectivity index (χ0v) is 15.8. The van der Waals surface area contributed by atoms with E-state index in [1.807, 2.05) is 4.90 Å². The maximum Gasteiger partial charge on any atom is 0.322 e. The van der Waals surface area contributed by atoms with Crippen LogP contribution in [-0.2, 0) is 0 Å². The van der Waals surface area contributed by atoms with Gasteiger partial charge in [0.1, 0.15) is 17.3 Å². The third kappa shape index (κ3) is 3.81. The second-order valence-corrected chi connectivity index (χ2v) is 7.42. The number of nitro benzene ring substituents is 1. The number of hydrogen-bond acceptors (Lipinski definition) is 6. The number of benzene rings is 2.